The highest BCUT2D eigenvalue weighted by Crippen LogP contribution is 2.44. The normalized spacial score (nSPS) is 14.7. The molecule has 2 aromatic rings. The largest absolute Gasteiger partial charge is 0.467 e. The first-order chi connectivity index (χ1) is 13.0. The van der Waals surface area contributed by atoms with Gasteiger partial charge in [-0.15, -0.1) is 0 Å². The third kappa shape index (κ3) is 3.53. The van der Waals surface area contributed by atoms with E-state index in [0.29, 0.717) is 0 Å². The second kappa shape index (κ2) is 7.80. The van der Waals surface area contributed by atoms with E-state index in [1.54, 1.807) is 0 Å². The Bertz CT molecular complexity index is 802. The van der Waals surface area contributed by atoms with Gasteiger partial charge in [0.1, 0.15) is 6.61 Å². The maximum atomic E-state index is 12.5. The van der Waals surface area contributed by atoms with Crippen molar-refractivity contribution in [1.82, 2.24) is 4.90 Å². The highest BCUT2D eigenvalue weighted by Gasteiger charge is 2.34. The monoisotopic (exact) mass is 369 g/mol. The second-order valence-electron chi connectivity index (χ2n) is 6.62. The molecular weight excluding hydrogens is 346 g/mol. The molecule has 0 fully saturated rings. The fraction of sp³-hybridized carbons (Fsp3) is 0.333. The highest BCUT2D eigenvalue weighted by atomic mass is 16.6. The van der Waals surface area contributed by atoms with Gasteiger partial charge in [0.25, 0.3) is 0 Å². The highest BCUT2D eigenvalue weighted by molar-refractivity contribution is 5.82. The molecule has 0 heterocycles. The molecule has 3 rings (SSSR count). The minimum absolute atomic E-state index is 0.0714. The molecule has 1 aliphatic carbocycles. The minimum Gasteiger partial charge on any atom is -0.467 e. The van der Waals surface area contributed by atoms with Crippen molar-refractivity contribution in [3.05, 3.63) is 59.7 Å². The lowest BCUT2D eigenvalue weighted by molar-refractivity contribution is -0.149. The van der Waals surface area contributed by atoms with E-state index in [4.69, 9.17) is 4.74 Å². The maximum Gasteiger partial charge on any atom is 0.410 e. The Balaban J connectivity index is 1.77. The van der Waals surface area contributed by atoms with Crippen molar-refractivity contribution in [2.75, 3.05) is 20.8 Å². The van der Waals surface area contributed by atoms with Crippen molar-refractivity contribution in [3.8, 4) is 11.1 Å². The van der Waals surface area contributed by atoms with Crippen LogP contribution in [0.15, 0.2) is 48.5 Å². The Morgan fingerprint density at radius 1 is 1.07 bits per heavy atom. The van der Waals surface area contributed by atoms with E-state index in [9.17, 15) is 14.7 Å². The molecule has 0 spiro atoms. The van der Waals surface area contributed by atoms with Gasteiger partial charge in [0, 0.05) is 13.0 Å². The molecule has 27 heavy (non-hydrogen) atoms. The van der Waals surface area contributed by atoms with Crippen LogP contribution in [-0.2, 0) is 14.3 Å². The number of esters is 1. The molecule has 2 aromatic carbocycles. The molecule has 6 heteroatoms. The Morgan fingerprint density at radius 3 is 2.07 bits per heavy atom. The molecule has 2 atom stereocenters. The number of hydrogen-bond acceptors (Lipinski definition) is 5. The minimum atomic E-state index is -1.12. The number of rotatable bonds is 5. The first kappa shape index (κ1) is 18.9. The fourth-order valence-corrected chi connectivity index (χ4v) is 3.61. The molecule has 1 aliphatic rings. The van der Waals surface area contributed by atoms with Gasteiger partial charge in [0.2, 0.25) is 0 Å². The number of amides is 1. The van der Waals surface area contributed by atoms with Gasteiger partial charge in [-0.3, -0.25) is 4.90 Å². The number of ether oxygens (including phenoxy) is 2. The fourth-order valence-electron chi connectivity index (χ4n) is 3.61. The number of carbonyl (C=O) groups excluding carboxylic acids is 2. The molecule has 6 nitrogen and oxygen atoms in total. The van der Waals surface area contributed by atoms with Crippen molar-refractivity contribution in [3.63, 3.8) is 0 Å². The zero-order valence-corrected chi connectivity index (χ0v) is 15.6. The molecule has 0 bridgehead atoms. The molecule has 0 aromatic heterocycles. The van der Waals surface area contributed by atoms with E-state index in [1.165, 1.54) is 21.1 Å². The molecule has 1 amide bonds. The van der Waals surface area contributed by atoms with E-state index in [1.807, 2.05) is 36.4 Å². The van der Waals surface area contributed by atoms with Crippen molar-refractivity contribution in [2.45, 2.75) is 25.0 Å². The molecular formula is C21H23NO5. The first-order valence-corrected chi connectivity index (χ1v) is 8.79. The molecule has 1 N–H and O–H groups in total. The van der Waals surface area contributed by atoms with Crippen molar-refractivity contribution in [2.24, 2.45) is 0 Å². The van der Waals surface area contributed by atoms with Crippen LogP contribution in [0.1, 0.15) is 24.0 Å². The zero-order valence-electron chi connectivity index (χ0n) is 15.6. The van der Waals surface area contributed by atoms with Crippen LogP contribution in [0.3, 0.4) is 0 Å². The zero-order chi connectivity index (χ0) is 19.6. The second-order valence-corrected chi connectivity index (χ2v) is 6.62. The van der Waals surface area contributed by atoms with Crippen molar-refractivity contribution >= 4 is 12.1 Å². The predicted octanol–water partition coefficient (Wildman–Crippen LogP) is 2.79. The summed E-state index contributed by atoms with van der Waals surface area (Å²) in [5.41, 5.74) is 4.49. The van der Waals surface area contributed by atoms with Crippen LogP contribution < -0.4 is 0 Å². The summed E-state index contributed by atoms with van der Waals surface area (Å²) in [4.78, 5) is 25.4. The van der Waals surface area contributed by atoms with Gasteiger partial charge in [-0.1, -0.05) is 48.5 Å². The number of fused-ring (bicyclic) bond motifs is 3. The van der Waals surface area contributed by atoms with E-state index in [-0.39, 0.29) is 12.5 Å². The number of carbonyl (C=O) groups is 2. The summed E-state index contributed by atoms with van der Waals surface area (Å²) in [6.07, 6.45) is -1.77. The average Bonchev–Trinajstić information content (AvgIpc) is 2.99. The van der Waals surface area contributed by atoms with Crippen LogP contribution in [0, 0.1) is 0 Å². The van der Waals surface area contributed by atoms with Crippen LogP contribution in [0.5, 0.6) is 0 Å². The summed E-state index contributed by atoms with van der Waals surface area (Å²) in [5, 5.41) is 9.82. The van der Waals surface area contributed by atoms with Crippen LogP contribution in [0.2, 0.25) is 0 Å². The molecule has 0 radical (unpaired) electrons. The summed E-state index contributed by atoms with van der Waals surface area (Å²) in [6.45, 7) is 1.57. The number of benzene rings is 2. The van der Waals surface area contributed by atoms with Gasteiger partial charge in [0.05, 0.1) is 13.2 Å². The smallest absolute Gasteiger partial charge is 0.410 e. The standard InChI is InChI=1S/C21H23NO5/c1-13(23)19(20(24)26-3)22(2)21(25)27-12-18-16-10-6-4-8-14(16)15-9-5-7-11-17(15)18/h4-11,13,18-19,23H,12H2,1-3H3/t13-,19-/m0/s1. The SMILES string of the molecule is COC(=O)[C@H]([C@H](C)O)N(C)C(=O)OCC1c2ccccc2-c2ccccc21. The van der Waals surface area contributed by atoms with Crippen LogP contribution in [-0.4, -0.2) is 55.0 Å². The third-order valence-corrected chi connectivity index (χ3v) is 4.94. The number of hydrogen-bond donors (Lipinski definition) is 1. The Morgan fingerprint density at radius 2 is 1.59 bits per heavy atom. The van der Waals surface area contributed by atoms with Crippen LogP contribution in [0.4, 0.5) is 4.79 Å². The van der Waals surface area contributed by atoms with Crippen molar-refractivity contribution in [1.29, 1.82) is 0 Å². The Labute approximate surface area is 158 Å². The number of nitrogens with zero attached hydrogens (tertiary/aromatic N) is 1. The Hall–Kier alpha value is -2.86. The van der Waals surface area contributed by atoms with Gasteiger partial charge in [-0.25, -0.2) is 9.59 Å². The van der Waals surface area contributed by atoms with Crippen molar-refractivity contribution < 1.29 is 24.2 Å². The van der Waals surface area contributed by atoms with Gasteiger partial charge >= 0.3 is 12.1 Å². The predicted molar refractivity (Wildman–Crippen MR) is 100 cm³/mol. The summed E-state index contributed by atoms with van der Waals surface area (Å²) in [7, 11) is 2.62. The molecule has 142 valence electrons. The van der Waals surface area contributed by atoms with Crippen LogP contribution >= 0.6 is 0 Å². The lowest BCUT2D eigenvalue weighted by Crippen LogP contribution is -2.49. The van der Waals surface area contributed by atoms with Gasteiger partial charge < -0.3 is 14.6 Å². The average molecular weight is 369 g/mol. The first-order valence-electron chi connectivity index (χ1n) is 8.79. The number of methoxy groups -OCH3 is 1. The van der Waals surface area contributed by atoms with Crippen LogP contribution in [0.25, 0.3) is 11.1 Å². The molecule has 0 saturated carbocycles. The maximum absolute atomic E-state index is 12.5. The summed E-state index contributed by atoms with van der Waals surface area (Å²) in [5.74, 6) is -0.765. The number of aliphatic hydroxyl groups excluding tert-OH is 1. The van der Waals surface area contributed by atoms with E-state index >= 15 is 0 Å². The number of likely N-dealkylation sites (N-methyl/N-ethyl adjacent to an activating group) is 1. The van der Waals surface area contributed by atoms with Gasteiger partial charge in [0.15, 0.2) is 6.04 Å². The van der Waals surface area contributed by atoms with Gasteiger partial charge in [-0.2, -0.15) is 0 Å². The van der Waals surface area contributed by atoms with Gasteiger partial charge in [-0.05, 0) is 29.2 Å². The summed E-state index contributed by atoms with van der Waals surface area (Å²) < 4.78 is 10.2. The quantitative estimate of drug-likeness (QED) is 0.820. The third-order valence-electron chi connectivity index (χ3n) is 4.94. The Kier molecular flexibility index (Phi) is 5.46. The lowest BCUT2D eigenvalue weighted by Gasteiger charge is -2.27. The van der Waals surface area contributed by atoms with E-state index in [0.717, 1.165) is 27.2 Å². The molecule has 0 unspecified atom stereocenters. The van der Waals surface area contributed by atoms with E-state index in [2.05, 4.69) is 16.9 Å². The van der Waals surface area contributed by atoms with E-state index < -0.39 is 24.2 Å². The molecule has 0 aliphatic heterocycles. The summed E-state index contributed by atoms with van der Waals surface area (Å²) >= 11 is 0. The number of aliphatic hydroxyl groups is 1. The topological polar surface area (TPSA) is 76.1 Å². The molecule has 0 saturated heterocycles. The summed E-state index contributed by atoms with van der Waals surface area (Å²) in [6, 6.07) is 15.0. The lowest BCUT2D eigenvalue weighted by atomic mass is 9.98.